The molecule has 2 aromatic rings. The molecule has 0 saturated carbocycles. The minimum atomic E-state index is -3.59. The molecule has 0 bridgehead atoms. The van der Waals surface area contributed by atoms with Gasteiger partial charge in [0, 0.05) is 13.1 Å². The average molecular weight is 376 g/mol. The predicted molar refractivity (Wildman–Crippen MR) is 101 cm³/mol. The third-order valence-corrected chi connectivity index (χ3v) is 5.32. The van der Waals surface area contributed by atoms with Gasteiger partial charge in [-0.2, -0.15) is 0 Å². The maximum Gasteiger partial charge on any atom is 0.240 e. The zero-order chi connectivity index (χ0) is 19.0. The van der Waals surface area contributed by atoms with Crippen molar-refractivity contribution in [2.45, 2.75) is 25.2 Å². The molecule has 7 heteroatoms. The molecule has 1 amide bonds. The van der Waals surface area contributed by atoms with Crippen molar-refractivity contribution in [1.82, 2.24) is 10.0 Å². The summed E-state index contributed by atoms with van der Waals surface area (Å²) in [4.78, 5) is 12.0. The van der Waals surface area contributed by atoms with Gasteiger partial charge in [-0.25, -0.2) is 13.1 Å². The van der Waals surface area contributed by atoms with Crippen molar-refractivity contribution in [2.75, 3.05) is 19.7 Å². The second kappa shape index (κ2) is 9.35. The maximum absolute atomic E-state index is 12.3. The monoisotopic (exact) mass is 376 g/mol. The predicted octanol–water partition coefficient (Wildman–Crippen LogP) is 2.17. The summed E-state index contributed by atoms with van der Waals surface area (Å²) in [5.74, 6) is 0.522. The number of carbonyl (C=O) groups excluding carboxylic acids is 1. The van der Waals surface area contributed by atoms with Gasteiger partial charge >= 0.3 is 0 Å². The maximum atomic E-state index is 12.3. The standard InChI is InChI=1S/C19H24N2O4S/c1-15-8-9-16(2)18(14-15)26(23,24)21-12-11-20-19(22)10-13-25-17-6-4-3-5-7-17/h3-9,14,21H,10-13H2,1-2H3,(H,20,22). The molecule has 0 radical (unpaired) electrons. The highest BCUT2D eigenvalue weighted by Crippen LogP contribution is 2.16. The number of sulfonamides is 1. The topological polar surface area (TPSA) is 84.5 Å². The zero-order valence-electron chi connectivity index (χ0n) is 15.0. The van der Waals surface area contributed by atoms with Crippen molar-refractivity contribution in [3.8, 4) is 5.75 Å². The van der Waals surface area contributed by atoms with Gasteiger partial charge in [-0.3, -0.25) is 4.79 Å². The highest BCUT2D eigenvalue weighted by molar-refractivity contribution is 7.89. The van der Waals surface area contributed by atoms with E-state index in [0.29, 0.717) is 11.3 Å². The van der Waals surface area contributed by atoms with E-state index in [2.05, 4.69) is 10.0 Å². The number of amides is 1. The molecule has 0 spiro atoms. The summed E-state index contributed by atoms with van der Waals surface area (Å²) in [6.45, 7) is 4.21. The number of hydrogen-bond donors (Lipinski definition) is 2. The van der Waals surface area contributed by atoms with E-state index in [1.807, 2.05) is 43.3 Å². The van der Waals surface area contributed by atoms with Crippen LogP contribution in [0.3, 0.4) is 0 Å². The van der Waals surface area contributed by atoms with Crippen LogP contribution >= 0.6 is 0 Å². The Balaban J connectivity index is 1.70. The van der Waals surface area contributed by atoms with Crippen LogP contribution in [0.5, 0.6) is 5.75 Å². The van der Waals surface area contributed by atoms with E-state index in [1.54, 1.807) is 19.1 Å². The number of nitrogens with one attached hydrogen (secondary N) is 2. The summed E-state index contributed by atoms with van der Waals surface area (Å²) in [6.07, 6.45) is 0.207. The van der Waals surface area contributed by atoms with Crippen LogP contribution in [0.15, 0.2) is 53.4 Å². The zero-order valence-corrected chi connectivity index (χ0v) is 15.8. The van der Waals surface area contributed by atoms with E-state index >= 15 is 0 Å². The fraction of sp³-hybridized carbons (Fsp3) is 0.316. The molecule has 2 N–H and O–H groups in total. The Morgan fingerprint density at radius 1 is 1.04 bits per heavy atom. The lowest BCUT2D eigenvalue weighted by atomic mass is 10.2. The number of aryl methyl sites for hydroxylation is 2. The van der Waals surface area contributed by atoms with Crippen molar-refractivity contribution in [1.29, 1.82) is 0 Å². The molecule has 2 rings (SSSR count). The number of carbonyl (C=O) groups is 1. The third-order valence-electron chi connectivity index (χ3n) is 3.71. The lowest BCUT2D eigenvalue weighted by Gasteiger charge is -2.11. The number of hydrogen-bond acceptors (Lipinski definition) is 4. The van der Waals surface area contributed by atoms with Crippen LogP contribution in [0.4, 0.5) is 0 Å². The van der Waals surface area contributed by atoms with Gasteiger partial charge in [0.15, 0.2) is 0 Å². The van der Waals surface area contributed by atoms with Crippen molar-refractivity contribution in [3.63, 3.8) is 0 Å². The molecular weight excluding hydrogens is 352 g/mol. The number of ether oxygens (including phenoxy) is 1. The molecule has 0 unspecified atom stereocenters. The summed E-state index contributed by atoms with van der Waals surface area (Å²) in [5.41, 5.74) is 1.56. The van der Waals surface area contributed by atoms with Crippen molar-refractivity contribution >= 4 is 15.9 Å². The van der Waals surface area contributed by atoms with Crippen LogP contribution in [0.25, 0.3) is 0 Å². The quantitative estimate of drug-likeness (QED) is 0.657. The van der Waals surface area contributed by atoms with Crippen LogP contribution in [-0.4, -0.2) is 34.0 Å². The van der Waals surface area contributed by atoms with E-state index < -0.39 is 10.0 Å². The Hall–Kier alpha value is -2.38. The first kappa shape index (κ1) is 19.9. The number of rotatable bonds is 9. The van der Waals surface area contributed by atoms with Crippen molar-refractivity contribution in [2.24, 2.45) is 0 Å². The third kappa shape index (κ3) is 6.16. The molecule has 0 aliphatic rings. The Kier molecular flexibility index (Phi) is 7.17. The molecule has 6 nitrogen and oxygen atoms in total. The molecule has 0 heterocycles. The molecule has 0 aliphatic carbocycles. The fourth-order valence-corrected chi connectivity index (χ4v) is 3.69. The normalized spacial score (nSPS) is 11.2. The lowest BCUT2D eigenvalue weighted by molar-refractivity contribution is -0.121. The molecular formula is C19H24N2O4S. The molecule has 0 aromatic heterocycles. The molecule has 140 valence electrons. The van der Waals surface area contributed by atoms with Gasteiger partial charge in [-0.05, 0) is 43.2 Å². The highest BCUT2D eigenvalue weighted by atomic mass is 32.2. The van der Waals surface area contributed by atoms with Crippen LogP contribution < -0.4 is 14.8 Å². The van der Waals surface area contributed by atoms with Gasteiger partial charge in [0.25, 0.3) is 0 Å². The largest absolute Gasteiger partial charge is 0.493 e. The van der Waals surface area contributed by atoms with Gasteiger partial charge in [0.1, 0.15) is 5.75 Å². The van der Waals surface area contributed by atoms with Gasteiger partial charge in [0.2, 0.25) is 15.9 Å². The first-order valence-electron chi connectivity index (χ1n) is 8.40. The van der Waals surface area contributed by atoms with Crippen molar-refractivity contribution < 1.29 is 17.9 Å². The van der Waals surface area contributed by atoms with Crippen LogP contribution in [0, 0.1) is 13.8 Å². The van der Waals surface area contributed by atoms with Gasteiger partial charge in [-0.1, -0.05) is 30.3 Å². The summed E-state index contributed by atoms with van der Waals surface area (Å²) < 4.78 is 32.6. The van der Waals surface area contributed by atoms with E-state index in [-0.39, 0.29) is 36.9 Å². The van der Waals surface area contributed by atoms with E-state index in [1.165, 1.54) is 0 Å². The second-order valence-electron chi connectivity index (χ2n) is 5.93. The number of para-hydroxylation sites is 1. The number of benzene rings is 2. The summed E-state index contributed by atoms with van der Waals surface area (Å²) in [5, 5.41) is 2.67. The van der Waals surface area contributed by atoms with Gasteiger partial charge < -0.3 is 10.1 Å². The summed E-state index contributed by atoms with van der Waals surface area (Å²) in [6, 6.07) is 14.5. The summed E-state index contributed by atoms with van der Waals surface area (Å²) in [7, 11) is -3.59. The Labute approximate surface area is 154 Å². The lowest BCUT2D eigenvalue weighted by Crippen LogP contribution is -2.35. The minimum absolute atomic E-state index is 0.126. The molecule has 0 saturated heterocycles. The second-order valence-corrected chi connectivity index (χ2v) is 7.66. The minimum Gasteiger partial charge on any atom is -0.493 e. The Morgan fingerprint density at radius 2 is 1.77 bits per heavy atom. The Bertz CT molecular complexity index is 836. The fourth-order valence-electron chi connectivity index (χ4n) is 2.33. The van der Waals surface area contributed by atoms with E-state index in [4.69, 9.17) is 4.74 Å². The smallest absolute Gasteiger partial charge is 0.240 e. The SMILES string of the molecule is Cc1ccc(C)c(S(=O)(=O)NCCNC(=O)CCOc2ccccc2)c1. The van der Waals surface area contributed by atoms with E-state index in [9.17, 15) is 13.2 Å². The molecule has 26 heavy (non-hydrogen) atoms. The molecule has 2 aromatic carbocycles. The average Bonchev–Trinajstić information content (AvgIpc) is 2.62. The van der Waals surface area contributed by atoms with Crippen LogP contribution in [0.2, 0.25) is 0 Å². The van der Waals surface area contributed by atoms with Crippen LogP contribution in [-0.2, 0) is 14.8 Å². The van der Waals surface area contributed by atoms with E-state index in [0.717, 1.165) is 5.56 Å². The first-order chi connectivity index (χ1) is 12.4. The first-order valence-corrected chi connectivity index (χ1v) is 9.88. The van der Waals surface area contributed by atoms with Crippen LogP contribution in [0.1, 0.15) is 17.5 Å². The van der Waals surface area contributed by atoms with Crippen molar-refractivity contribution in [3.05, 3.63) is 59.7 Å². The van der Waals surface area contributed by atoms with Gasteiger partial charge in [-0.15, -0.1) is 0 Å². The Morgan fingerprint density at radius 3 is 2.50 bits per heavy atom. The summed E-state index contributed by atoms with van der Waals surface area (Å²) >= 11 is 0. The molecule has 0 aliphatic heterocycles. The molecule has 0 fully saturated rings. The van der Waals surface area contributed by atoms with Gasteiger partial charge in [0.05, 0.1) is 17.9 Å². The highest BCUT2D eigenvalue weighted by Gasteiger charge is 2.16. The molecule has 0 atom stereocenters.